The number of amides is 1. The van der Waals surface area contributed by atoms with Gasteiger partial charge >= 0.3 is 5.91 Å². The molecule has 0 radical (unpaired) electrons. The minimum atomic E-state index is -0.357. The fourth-order valence-corrected chi connectivity index (χ4v) is 2.67. The molecule has 2 aliphatic rings. The highest BCUT2D eigenvalue weighted by molar-refractivity contribution is 5.92. The van der Waals surface area contributed by atoms with Crippen LogP contribution in [0.5, 0.6) is 0 Å². The van der Waals surface area contributed by atoms with Crippen molar-refractivity contribution in [2.45, 2.75) is 39.2 Å². The Kier molecular flexibility index (Phi) is 3.81. The van der Waals surface area contributed by atoms with Crippen LogP contribution in [0.4, 0.5) is 0 Å². The number of hydrogen-bond acceptors (Lipinski definition) is 4. The van der Waals surface area contributed by atoms with E-state index in [4.69, 9.17) is 10.3 Å². The van der Waals surface area contributed by atoms with Crippen molar-refractivity contribution in [3.63, 3.8) is 0 Å². The summed E-state index contributed by atoms with van der Waals surface area (Å²) in [5.74, 6) is 7.75. The van der Waals surface area contributed by atoms with Gasteiger partial charge in [0.05, 0.1) is 6.54 Å². The Bertz CT molecular complexity index is 475. The SMILES string of the molecule is Cc1cc(CN(CC2CC2)CC2CC2)oc1C(=O)NN. The largest absolute Gasteiger partial charge is 0.454 e. The molecule has 110 valence electrons. The van der Waals surface area contributed by atoms with Gasteiger partial charge in [0, 0.05) is 18.7 Å². The first-order valence-corrected chi connectivity index (χ1v) is 7.48. The van der Waals surface area contributed by atoms with Gasteiger partial charge in [-0.25, -0.2) is 5.84 Å². The first kappa shape index (κ1) is 13.6. The summed E-state index contributed by atoms with van der Waals surface area (Å²) in [5.41, 5.74) is 2.97. The molecule has 3 rings (SSSR count). The van der Waals surface area contributed by atoms with Gasteiger partial charge in [-0.2, -0.15) is 0 Å². The van der Waals surface area contributed by atoms with Gasteiger partial charge in [0.15, 0.2) is 5.76 Å². The molecule has 2 saturated carbocycles. The normalized spacial score (nSPS) is 18.6. The van der Waals surface area contributed by atoms with Crippen molar-refractivity contribution in [3.05, 3.63) is 23.2 Å². The van der Waals surface area contributed by atoms with E-state index >= 15 is 0 Å². The van der Waals surface area contributed by atoms with Gasteiger partial charge < -0.3 is 4.42 Å². The number of nitrogens with zero attached hydrogens (tertiary/aromatic N) is 1. The molecule has 0 saturated heterocycles. The van der Waals surface area contributed by atoms with Gasteiger partial charge in [-0.3, -0.25) is 15.1 Å². The second-order valence-electron chi connectivity index (χ2n) is 6.28. The van der Waals surface area contributed by atoms with Crippen LogP contribution in [0.25, 0.3) is 0 Å². The number of rotatable bonds is 7. The zero-order valence-corrected chi connectivity index (χ0v) is 12.0. The van der Waals surface area contributed by atoms with Crippen molar-refractivity contribution in [2.24, 2.45) is 17.7 Å². The van der Waals surface area contributed by atoms with Gasteiger partial charge in [-0.05, 0) is 50.5 Å². The predicted molar refractivity (Wildman–Crippen MR) is 75.8 cm³/mol. The fraction of sp³-hybridized carbons (Fsp3) is 0.667. The van der Waals surface area contributed by atoms with Crippen LogP contribution in [-0.4, -0.2) is 23.9 Å². The number of carbonyl (C=O) groups is 1. The Morgan fingerprint density at radius 2 is 1.95 bits per heavy atom. The Balaban J connectivity index is 1.65. The zero-order valence-electron chi connectivity index (χ0n) is 12.0. The third-order valence-corrected chi connectivity index (χ3v) is 4.11. The predicted octanol–water partition coefficient (Wildman–Crippen LogP) is 1.81. The number of nitrogens with one attached hydrogen (secondary N) is 1. The van der Waals surface area contributed by atoms with Crippen LogP contribution < -0.4 is 11.3 Å². The molecule has 0 unspecified atom stereocenters. The highest BCUT2D eigenvalue weighted by atomic mass is 16.4. The maximum absolute atomic E-state index is 11.6. The molecule has 5 heteroatoms. The van der Waals surface area contributed by atoms with Gasteiger partial charge in [-0.15, -0.1) is 0 Å². The first-order chi connectivity index (χ1) is 9.65. The molecule has 5 nitrogen and oxygen atoms in total. The van der Waals surface area contributed by atoms with Gasteiger partial charge in [0.2, 0.25) is 0 Å². The Morgan fingerprint density at radius 3 is 2.45 bits per heavy atom. The first-order valence-electron chi connectivity index (χ1n) is 7.48. The van der Waals surface area contributed by atoms with E-state index in [0.29, 0.717) is 5.76 Å². The van der Waals surface area contributed by atoms with E-state index in [1.165, 1.54) is 25.7 Å². The molecule has 3 N–H and O–H groups in total. The molecule has 1 aromatic rings. The molecule has 2 aliphatic carbocycles. The number of nitrogens with two attached hydrogens (primary N) is 1. The fourth-order valence-electron chi connectivity index (χ4n) is 2.67. The van der Waals surface area contributed by atoms with Gasteiger partial charge in [-0.1, -0.05) is 0 Å². The van der Waals surface area contributed by atoms with E-state index in [2.05, 4.69) is 10.3 Å². The van der Waals surface area contributed by atoms with E-state index < -0.39 is 0 Å². The highest BCUT2D eigenvalue weighted by Crippen LogP contribution is 2.34. The third-order valence-electron chi connectivity index (χ3n) is 4.11. The number of hydrogen-bond donors (Lipinski definition) is 2. The number of nitrogen functional groups attached to an aromatic ring is 1. The third kappa shape index (κ3) is 3.41. The van der Waals surface area contributed by atoms with Crippen LogP contribution >= 0.6 is 0 Å². The van der Waals surface area contributed by atoms with Crippen LogP contribution in [0, 0.1) is 18.8 Å². The van der Waals surface area contributed by atoms with Crippen LogP contribution in [0.1, 0.15) is 47.6 Å². The molecule has 1 aromatic heterocycles. The lowest BCUT2D eigenvalue weighted by molar-refractivity contribution is 0.0920. The van der Waals surface area contributed by atoms with E-state index in [1.54, 1.807) is 0 Å². The Hall–Kier alpha value is -1.33. The van der Waals surface area contributed by atoms with Crippen molar-refractivity contribution in [2.75, 3.05) is 13.1 Å². The van der Waals surface area contributed by atoms with Crippen molar-refractivity contribution >= 4 is 5.91 Å². The topological polar surface area (TPSA) is 71.5 Å². The monoisotopic (exact) mass is 277 g/mol. The maximum Gasteiger partial charge on any atom is 0.301 e. The van der Waals surface area contributed by atoms with Crippen LogP contribution in [0.2, 0.25) is 0 Å². The Labute approximate surface area is 119 Å². The van der Waals surface area contributed by atoms with Crippen molar-refractivity contribution in [1.82, 2.24) is 10.3 Å². The molecule has 0 aliphatic heterocycles. The molecular formula is C15H23N3O2. The minimum absolute atomic E-state index is 0.334. The Morgan fingerprint density at radius 1 is 1.35 bits per heavy atom. The zero-order chi connectivity index (χ0) is 14.1. The van der Waals surface area contributed by atoms with E-state index in [1.807, 2.05) is 13.0 Å². The summed E-state index contributed by atoms with van der Waals surface area (Å²) >= 11 is 0. The summed E-state index contributed by atoms with van der Waals surface area (Å²) in [7, 11) is 0. The highest BCUT2D eigenvalue weighted by Gasteiger charge is 2.29. The lowest BCUT2D eigenvalue weighted by Crippen LogP contribution is -2.30. The lowest BCUT2D eigenvalue weighted by Gasteiger charge is -2.20. The summed E-state index contributed by atoms with van der Waals surface area (Å²) in [6, 6.07) is 1.96. The van der Waals surface area contributed by atoms with E-state index in [9.17, 15) is 4.79 Å². The molecule has 20 heavy (non-hydrogen) atoms. The average Bonchev–Trinajstić information content (AvgIpc) is 3.32. The van der Waals surface area contributed by atoms with Crippen molar-refractivity contribution < 1.29 is 9.21 Å². The molecule has 0 bridgehead atoms. The average molecular weight is 277 g/mol. The van der Waals surface area contributed by atoms with Crippen molar-refractivity contribution in [3.8, 4) is 0 Å². The second kappa shape index (κ2) is 5.58. The molecular weight excluding hydrogens is 254 g/mol. The number of aryl methyl sites for hydroxylation is 1. The summed E-state index contributed by atoms with van der Waals surface area (Å²) in [4.78, 5) is 14.0. The summed E-state index contributed by atoms with van der Waals surface area (Å²) < 4.78 is 5.67. The molecule has 1 heterocycles. The molecule has 0 aromatic carbocycles. The number of carbonyl (C=O) groups excluding carboxylic acids is 1. The maximum atomic E-state index is 11.6. The lowest BCUT2D eigenvalue weighted by atomic mass is 10.2. The molecule has 0 spiro atoms. The van der Waals surface area contributed by atoms with Crippen LogP contribution in [-0.2, 0) is 6.54 Å². The smallest absolute Gasteiger partial charge is 0.301 e. The summed E-state index contributed by atoms with van der Waals surface area (Å²) in [5, 5.41) is 0. The van der Waals surface area contributed by atoms with Crippen LogP contribution in [0.15, 0.2) is 10.5 Å². The van der Waals surface area contributed by atoms with Crippen molar-refractivity contribution in [1.29, 1.82) is 0 Å². The van der Waals surface area contributed by atoms with Crippen LogP contribution in [0.3, 0.4) is 0 Å². The number of hydrazine groups is 1. The van der Waals surface area contributed by atoms with E-state index in [-0.39, 0.29) is 5.91 Å². The quantitative estimate of drug-likeness (QED) is 0.453. The van der Waals surface area contributed by atoms with Gasteiger partial charge in [0.1, 0.15) is 5.76 Å². The van der Waals surface area contributed by atoms with Gasteiger partial charge in [0.25, 0.3) is 0 Å². The standard InChI is InChI=1S/C15H23N3O2/c1-10-6-13(20-14(10)15(19)17-16)9-18(7-11-2-3-11)8-12-4-5-12/h6,11-12H,2-5,7-9,16H2,1H3,(H,17,19). The summed E-state index contributed by atoms with van der Waals surface area (Å²) in [6.07, 6.45) is 5.44. The second-order valence-corrected chi connectivity index (χ2v) is 6.28. The molecule has 0 atom stereocenters. The number of furan rings is 1. The molecule has 2 fully saturated rings. The summed E-state index contributed by atoms with van der Waals surface area (Å²) in [6.45, 7) is 5.00. The molecule has 1 amide bonds. The minimum Gasteiger partial charge on any atom is -0.454 e. The van der Waals surface area contributed by atoms with E-state index in [0.717, 1.165) is 42.8 Å².